The fourth-order valence-corrected chi connectivity index (χ4v) is 2.24. The van der Waals surface area contributed by atoms with Crippen molar-refractivity contribution < 1.29 is 4.79 Å². The number of pyridine rings is 2. The van der Waals surface area contributed by atoms with Gasteiger partial charge in [0.25, 0.3) is 11.5 Å². The molecule has 1 amide bonds. The zero-order valence-electron chi connectivity index (χ0n) is 12.1. The SMILES string of the molecule is CCn1cc(NC(=O)c2ccc3ccccc3n2)ccc1=O. The molecule has 0 spiro atoms. The number of rotatable bonds is 3. The highest BCUT2D eigenvalue weighted by molar-refractivity contribution is 6.03. The Bertz CT molecular complexity index is 900. The van der Waals surface area contributed by atoms with Crippen LogP contribution in [0.2, 0.25) is 0 Å². The number of nitrogens with zero attached hydrogens (tertiary/aromatic N) is 2. The maximum atomic E-state index is 12.3. The summed E-state index contributed by atoms with van der Waals surface area (Å²) in [6.07, 6.45) is 1.63. The van der Waals surface area contributed by atoms with Crippen molar-refractivity contribution in [2.24, 2.45) is 0 Å². The molecule has 0 aliphatic rings. The van der Waals surface area contributed by atoms with Crippen LogP contribution >= 0.6 is 0 Å². The van der Waals surface area contributed by atoms with E-state index in [0.717, 1.165) is 10.9 Å². The zero-order valence-corrected chi connectivity index (χ0v) is 12.1. The number of nitrogens with one attached hydrogen (secondary N) is 1. The molecule has 0 radical (unpaired) electrons. The van der Waals surface area contributed by atoms with Gasteiger partial charge in [0, 0.05) is 24.2 Å². The smallest absolute Gasteiger partial charge is 0.274 e. The molecular weight excluding hydrogens is 278 g/mol. The van der Waals surface area contributed by atoms with Crippen molar-refractivity contribution in [2.75, 3.05) is 5.32 Å². The number of hydrogen-bond donors (Lipinski definition) is 1. The standard InChI is InChI=1S/C17H15N3O2/c1-2-20-11-13(8-10-16(20)21)18-17(22)15-9-7-12-5-3-4-6-14(12)19-15/h3-11H,2H2,1H3,(H,18,22). The Kier molecular flexibility index (Phi) is 3.70. The molecule has 0 bridgehead atoms. The van der Waals surface area contributed by atoms with Crippen LogP contribution in [0.3, 0.4) is 0 Å². The van der Waals surface area contributed by atoms with Crippen LogP contribution in [0.4, 0.5) is 5.69 Å². The second-order valence-corrected chi connectivity index (χ2v) is 4.89. The molecule has 0 aliphatic heterocycles. The lowest BCUT2D eigenvalue weighted by molar-refractivity contribution is 0.102. The summed E-state index contributed by atoms with van der Waals surface area (Å²) in [6.45, 7) is 2.43. The van der Waals surface area contributed by atoms with Crippen molar-refractivity contribution >= 4 is 22.5 Å². The van der Waals surface area contributed by atoms with Crippen molar-refractivity contribution in [3.8, 4) is 0 Å². The molecule has 0 unspecified atom stereocenters. The highest BCUT2D eigenvalue weighted by Crippen LogP contribution is 2.13. The third-order valence-electron chi connectivity index (χ3n) is 3.41. The lowest BCUT2D eigenvalue weighted by Gasteiger charge is -2.08. The van der Waals surface area contributed by atoms with E-state index < -0.39 is 0 Å². The summed E-state index contributed by atoms with van der Waals surface area (Å²) in [6, 6.07) is 14.2. The first-order valence-corrected chi connectivity index (χ1v) is 7.05. The van der Waals surface area contributed by atoms with Gasteiger partial charge < -0.3 is 9.88 Å². The summed E-state index contributed by atoms with van der Waals surface area (Å²) in [5, 5.41) is 3.75. The third kappa shape index (κ3) is 2.74. The van der Waals surface area contributed by atoms with E-state index in [1.165, 1.54) is 10.6 Å². The van der Waals surface area contributed by atoms with Crippen molar-refractivity contribution in [1.29, 1.82) is 0 Å². The predicted molar refractivity (Wildman–Crippen MR) is 86.1 cm³/mol. The fraction of sp³-hybridized carbons (Fsp3) is 0.118. The van der Waals surface area contributed by atoms with Gasteiger partial charge in [0.15, 0.2) is 0 Å². The minimum atomic E-state index is -0.299. The fourth-order valence-electron chi connectivity index (χ4n) is 2.24. The van der Waals surface area contributed by atoms with Crippen molar-refractivity contribution in [1.82, 2.24) is 9.55 Å². The number of hydrogen-bond acceptors (Lipinski definition) is 3. The number of aromatic nitrogens is 2. The Hall–Kier alpha value is -2.95. The Morgan fingerprint density at radius 2 is 1.95 bits per heavy atom. The van der Waals surface area contributed by atoms with Crippen LogP contribution in [-0.4, -0.2) is 15.5 Å². The second-order valence-electron chi connectivity index (χ2n) is 4.89. The summed E-state index contributed by atoms with van der Waals surface area (Å²) in [4.78, 5) is 28.2. The van der Waals surface area contributed by atoms with Gasteiger partial charge in [-0.2, -0.15) is 0 Å². The van der Waals surface area contributed by atoms with E-state index in [-0.39, 0.29) is 11.5 Å². The van der Waals surface area contributed by atoms with Gasteiger partial charge in [0.2, 0.25) is 0 Å². The summed E-state index contributed by atoms with van der Waals surface area (Å²) in [5.74, 6) is -0.299. The van der Waals surface area contributed by atoms with Crippen molar-refractivity contribution in [2.45, 2.75) is 13.5 Å². The number of amides is 1. The van der Waals surface area contributed by atoms with E-state index >= 15 is 0 Å². The lowest BCUT2D eigenvalue weighted by Crippen LogP contribution is -2.20. The molecule has 5 heteroatoms. The van der Waals surface area contributed by atoms with Gasteiger partial charge in [-0.3, -0.25) is 9.59 Å². The second kappa shape index (κ2) is 5.81. The molecular formula is C17H15N3O2. The number of anilines is 1. The molecule has 0 saturated heterocycles. The molecule has 110 valence electrons. The number of aryl methyl sites for hydroxylation is 1. The summed E-state index contributed by atoms with van der Waals surface area (Å²) in [7, 11) is 0. The van der Waals surface area contributed by atoms with Crippen molar-refractivity contribution in [3.63, 3.8) is 0 Å². The molecule has 3 aromatic rings. The first kappa shape index (κ1) is 14.0. The number of carbonyl (C=O) groups excluding carboxylic acids is 1. The Balaban J connectivity index is 1.88. The molecule has 2 heterocycles. The van der Waals surface area contributed by atoms with E-state index in [1.54, 1.807) is 18.3 Å². The van der Waals surface area contributed by atoms with Crippen LogP contribution in [0, 0.1) is 0 Å². The summed E-state index contributed by atoms with van der Waals surface area (Å²) in [5.41, 5.74) is 1.59. The largest absolute Gasteiger partial charge is 0.319 e. The van der Waals surface area contributed by atoms with Gasteiger partial charge in [-0.25, -0.2) is 4.98 Å². The van der Waals surface area contributed by atoms with Gasteiger partial charge in [-0.1, -0.05) is 24.3 Å². The van der Waals surface area contributed by atoms with Crippen LogP contribution in [0.1, 0.15) is 17.4 Å². The van der Waals surface area contributed by atoms with Crippen molar-refractivity contribution in [3.05, 3.63) is 70.8 Å². The zero-order chi connectivity index (χ0) is 15.5. The minimum Gasteiger partial charge on any atom is -0.319 e. The molecule has 0 aliphatic carbocycles. The predicted octanol–water partition coefficient (Wildman–Crippen LogP) is 2.67. The first-order valence-electron chi connectivity index (χ1n) is 7.05. The van der Waals surface area contributed by atoms with Gasteiger partial charge in [0.1, 0.15) is 5.69 Å². The molecule has 0 fully saturated rings. The molecule has 1 N–H and O–H groups in total. The van der Waals surface area contributed by atoms with E-state index in [0.29, 0.717) is 17.9 Å². The van der Waals surface area contributed by atoms with Crippen LogP contribution in [-0.2, 0) is 6.54 Å². The first-order chi connectivity index (χ1) is 10.7. The van der Waals surface area contributed by atoms with Gasteiger partial charge in [-0.15, -0.1) is 0 Å². The monoisotopic (exact) mass is 293 g/mol. The van der Waals surface area contributed by atoms with E-state index in [2.05, 4.69) is 10.3 Å². The highest BCUT2D eigenvalue weighted by Gasteiger charge is 2.09. The molecule has 3 rings (SSSR count). The Labute approximate surface area is 127 Å². The van der Waals surface area contributed by atoms with Crippen LogP contribution in [0.25, 0.3) is 10.9 Å². The summed E-state index contributed by atoms with van der Waals surface area (Å²) < 4.78 is 1.53. The Morgan fingerprint density at radius 3 is 2.77 bits per heavy atom. The normalized spacial score (nSPS) is 10.6. The molecule has 5 nitrogen and oxygen atoms in total. The van der Waals surface area contributed by atoms with Gasteiger partial charge in [0.05, 0.1) is 11.2 Å². The van der Waals surface area contributed by atoms with Gasteiger partial charge >= 0.3 is 0 Å². The quantitative estimate of drug-likeness (QED) is 0.807. The lowest BCUT2D eigenvalue weighted by atomic mass is 10.2. The molecule has 2 aromatic heterocycles. The molecule has 0 saturated carbocycles. The molecule has 1 aromatic carbocycles. The minimum absolute atomic E-state index is 0.0932. The van der Waals surface area contributed by atoms with E-state index in [1.807, 2.05) is 37.3 Å². The maximum absolute atomic E-state index is 12.3. The Morgan fingerprint density at radius 1 is 1.14 bits per heavy atom. The van der Waals surface area contributed by atoms with Gasteiger partial charge in [-0.05, 0) is 25.1 Å². The van der Waals surface area contributed by atoms with Crippen LogP contribution < -0.4 is 10.9 Å². The number of carbonyl (C=O) groups is 1. The average molecular weight is 293 g/mol. The summed E-state index contributed by atoms with van der Waals surface area (Å²) >= 11 is 0. The van der Waals surface area contributed by atoms with Crippen LogP contribution in [0.5, 0.6) is 0 Å². The van der Waals surface area contributed by atoms with E-state index in [9.17, 15) is 9.59 Å². The molecule has 22 heavy (non-hydrogen) atoms. The number of fused-ring (bicyclic) bond motifs is 1. The average Bonchev–Trinajstić information content (AvgIpc) is 2.56. The van der Waals surface area contributed by atoms with E-state index in [4.69, 9.17) is 0 Å². The number of benzene rings is 1. The highest BCUT2D eigenvalue weighted by atomic mass is 16.2. The molecule has 0 atom stereocenters. The third-order valence-corrected chi connectivity index (χ3v) is 3.41. The van der Waals surface area contributed by atoms with Crippen LogP contribution in [0.15, 0.2) is 59.5 Å². The number of para-hydroxylation sites is 1. The topological polar surface area (TPSA) is 64.0 Å². The maximum Gasteiger partial charge on any atom is 0.274 e.